The molecule has 0 amide bonds. The van der Waals surface area contributed by atoms with Crippen molar-refractivity contribution in [2.75, 3.05) is 20.3 Å². The molecule has 0 aromatic heterocycles. The van der Waals surface area contributed by atoms with E-state index in [1.807, 2.05) is 0 Å². The fourth-order valence-electron chi connectivity index (χ4n) is 4.13. The highest BCUT2D eigenvalue weighted by Crippen LogP contribution is 2.36. The fraction of sp³-hybridized carbons (Fsp3) is 0.480. The van der Waals surface area contributed by atoms with E-state index in [0.29, 0.717) is 11.6 Å². The third-order valence-corrected chi connectivity index (χ3v) is 6.25. The summed E-state index contributed by atoms with van der Waals surface area (Å²) < 4.78 is 26.1. The van der Waals surface area contributed by atoms with Crippen LogP contribution >= 0.6 is 0 Å². The van der Waals surface area contributed by atoms with Gasteiger partial charge in [0.05, 0.1) is 38.6 Å². The monoisotopic (exact) mass is 570 g/mol. The molecule has 15 heteroatoms. The molecule has 40 heavy (non-hydrogen) atoms. The second-order valence-electron chi connectivity index (χ2n) is 8.90. The number of methoxy groups -OCH3 is 1. The molecule has 0 saturated carbocycles. The van der Waals surface area contributed by atoms with Crippen LogP contribution < -0.4 is 0 Å². The van der Waals surface area contributed by atoms with Gasteiger partial charge in [-0.1, -0.05) is 6.07 Å². The highest BCUT2D eigenvalue weighted by atomic mass is 16.8. The predicted octanol–water partition coefficient (Wildman–Crippen LogP) is -1.57. The molecule has 0 radical (unpaired) electrons. The van der Waals surface area contributed by atoms with E-state index in [9.17, 15) is 50.1 Å². The molecule has 7 N–H and O–H groups in total. The minimum Gasteiger partial charge on any atom is -0.504 e. The Labute approximate surface area is 227 Å². The Hall–Kier alpha value is -3.73. The van der Waals surface area contributed by atoms with Crippen molar-refractivity contribution >= 4 is 17.9 Å². The highest BCUT2D eigenvalue weighted by Gasteiger charge is 2.47. The summed E-state index contributed by atoms with van der Waals surface area (Å²) in [5.41, 5.74) is 0.0283. The number of ether oxygens (including phenoxy) is 5. The van der Waals surface area contributed by atoms with Crippen LogP contribution in [0.2, 0.25) is 0 Å². The SMILES string of the molecule is COC(=O)C1=CO[C@@H](O[C@@H]2O[C@H](CO)[C@@H](O)[C@H](O)[C@H]2O)/C(=C\C(=O)O)[C@@H]1CC(=O)OCCc1ccc(O)c(O)c1. The Morgan fingerprint density at radius 1 is 1.05 bits per heavy atom. The van der Waals surface area contributed by atoms with Crippen molar-refractivity contribution in [3.05, 3.63) is 47.2 Å². The van der Waals surface area contributed by atoms with E-state index in [-0.39, 0.29) is 35.7 Å². The van der Waals surface area contributed by atoms with Crippen molar-refractivity contribution in [1.29, 1.82) is 0 Å². The van der Waals surface area contributed by atoms with Crippen molar-refractivity contribution in [3.8, 4) is 11.5 Å². The van der Waals surface area contributed by atoms with Gasteiger partial charge in [0.25, 0.3) is 0 Å². The lowest BCUT2D eigenvalue weighted by Crippen LogP contribution is -2.60. The van der Waals surface area contributed by atoms with Crippen LogP contribution in [0.3, 0.4) is 0 Å². The summed E-state index contributed by atoms with van der Waals surface area (Å²) >= 11 is 0. The molecule has 2 heterocycles. The van der Waals surface area contributed by atoms with Crippen molar-refractivity contribution in [3.63, 3.8) is 0 Å². The third-order valence-electron chi connectivity index (χ3n) is 6.25. The molecule has 7 atom stereocenters. The van der Waals surface area contributed by atoms with Gasteiger partial charge in [-0.05, 0) is 17.7 Å². The number of phenols is 2. The molecular formula is C25H30O15. The van der Waals surface area contributed by atoms with E-state index in [0.717, 1.165) is 13.4 Å². The van der Waals surface area contributed by atoms with Gasteiger partial charge in [-0.3, -0.25) is 4.79 Å². The average molecular weight is 571 g/mol. The molecular weight excluding hydrogens is 540 g/mol. The molecule has 1 fully saturated rings. The summed E-state index contributed by atoms with van der Waals surface area (Å²) in [4.78, 5) is 36.8. The summed E-state index contributed by atoms with van der Waals surface area (Å²) in [7, 11) is 1.06. The lowest BCUT2D eigenvalue weighted by Gasteiger charge is -2.41. The van der Waals surface area contributed by atoms with Gasteiger partial charge in [0.1, 0.15) is 24.4 Å². The summed E-state index contributed by atoms with van der Waals surface area (Å²) in [5.74, 6) is -5.27. The van der Waals surface area contributed by atoms with E-state index >= 15 is 0 Å². The number of rotatable bonds is 10. The van der Waals surface area contributed by atoms with Gasteiger partial charge >= 0.3 is 17.9 Å². The molecule has 2 aliphatic rings. The normalized spacial score (nSPS) is 29.3. The van der Waals surface area contributed by atoms with E-state index < -0.39 is 73.8 Å². The number of phenolic OH excluding ortho intramolecular Hbond substituents is 2. The first-order chi connectivity index (χ1) is 19.0. The van der Waals surface area contributed by atoms with Crippen molar-refractivity contribution in [2.24, 2.45) is 5.92 Å². The molecule has 1 aromatic carbocycles. The van der Waals surface area contributed by atoms with Gasteiger partial charge in [-0.25, -0.2) is 9.59 Å². The second-order valence-corrected chi connectivity index (χ2v) is 8.90. The molecule has 0 aliphatic carbocycles. The lowest BCUT2D eigenvalue weighted by molar-refractivity contribution is -0.327. The molecule has 220 valence electrons. The number of carbonyl (C=O) groups excluding carboxylic acids is 2. The maximum absolute atomic E-state index is 12.7. The fourth-order valence-corrected chi connectivity index (χ4v) is 4.13. The van der Waals surface area contributed by atoms with Crippen LogP contribution in [-0.4, -0.2) is 111 Å². The van der Waals surface area contributed by atoms with Gasteiger partial charge in [0.2, 0.25) is 6.29 Å². The van der Waals surface area contributed by atoms with Crippen LogP contribution in [0.25, 0.3) is 0 Å². The smallest absolute Gasteiger partial charge is 0.337 e. The number of carboxylic acids is 1. The topological polar surface area (TPSA) is 239 Å². The van der Waals surface area contributed by atoms with Gasteiger partial charge in [-0.2, -0.15) is 0 Å². The number of aliphatic carboxylic acids is 1. The Bertz CT molecular complexity index is 1140. The Morgan fingerprint density at radius 3 is 2.40 bits per heavy atom. The van der Waals surface area contributed by atoms with Crippen LogP contribution in [0.15, 0.2) is 41.7 Å². The first kappa shape index (κ1) is 30.8. The van der Waals surface area contributed by atoms with Crippen LogP contribution in [0, 0.1) is 5.92 Å². The number of aliphatic hydroxyl groups is 4. The van der Waals surface area contributed by atoms with E-state index in [1.54, 1.807) is 0 Å². The molecule has 1 saturated heterocycles. The van der Waals surface area contributed by atoms with Crippen LogP contribution in [0.4, 0.5) is 0 Å². The number of benzene rings is 1. The van der Waals surface area contributed by atoms with Crippen LogP contribution in [0.5, 0.6) is 11.5 Å². The van der Waals surface area contributed by atoms with Crippen molar-refractivity contribution in [2.45, 2.75) is 49.8 Å². The first-order valence-electron chi connectivity index (χ1n) is 12.0. The average Bonchev–Trinajstić information content (AvgIpc) is 2.92. The molecule has 0 spiro atoms. The molecule has 15 nitrogen and oxygen atoms in total. The third kappa shape index (κ3) is 7.26. The largest absolute Gasteiger partial charge is 0.504 e. The van der Waals surface area contributed by atoms with Gasteiger partial charge in [0.15, 0.2) is 17.8 Å². The molecule has 2 aliphatic heterocycles. The summed E-state index contributed by atoms with van der Waals surface area (Å²) in [6, 6.07) is 4.06. The van der Waals surface area contributed by atoms with Crippen molar-refractivity contribution in [1.82, 2.24) is 0 Å². The van der Waals surface area contributed by atoms with E-state index in [1.165, 1.54) is 18.2 Å². The van der Waals surface area contributed by atoms with Crippen LogP contribution in [0.1, 0.15) is 12.0 Å². The van der Waals surface area contributed by atoms with Crippen molar-refractivity contribution < 1.29 is 73.8 Å². The van der Waals surface area contributed by atoms with E-state index in [4.69, 9.17) is 23.7 Å². The number of esters is 2. The zero-order valence-electron chi connectivity index (χ0n) is 21.2. The minimum atomic E-state index is -1.85. The second kappa shape index (κ2) is 13.6. The maximum atomic E-state index is 12.7. The van der Waals surface area contributed by atoms with Gasteiger partial charge < -0.3 is 59.4 Å². The number of aliphatic hydroxyl groups excluding tert-OH is 4. The minimum absolute atomic E-state index is 0.160. The van der Waals surface area contributed by atoms with Crippen LogP contribution in [-0.2, 0) is 44.5 Å². The highest BCUT2D eigenvalue weighted by molar-refractivity contribution is 5.91. The summed E-state index contributed by atoms with van der Waals surface area (Å²) in [6.45, 7) is -0.912. The number of carboxylic acid groups (broad SMARTS) is 1. The number of hydrogen-bond donors (Lipinski definition) is 7. The number of carbonyl (C=O) groups is 3. The van der Waals surface area contributed by atoms with Gasteiger partial charge in [-0.15, -0.1) is 0 Å². The van der Waals surface area contributed by atoms with Gasteiger partial charge in [0, 0.05) is 24.0 Å². The first-order valence-corrected chi connectivity index (χ1v) is 12.0. The summed E-state index contributed by atoms with van der Waals surface area (Å²) in [6.07, 6.45) is -8.94. The molecule has 3 rings (SSSR count). The Kier molecular flexibility index (Phi) is 10.4. The van der Waals surface area contributed by atoms with E-state index in [2.05, 4.69) is 0 Å². The quantitative estimate of drug-likeness (QED) is 0.0955. The molecule has 0 bridgehead atoms. The standard InChI is InChI=1S/C25H30O15/c1-36-23(35)14-10-38-24(40-25-22(34)21(33)20(32)17(9-26)39-25)13(7-18(29)30)12(14)8-19(31)37-5-4-11-2-3-15(27)16(28)6-11/h2-3,6-7,10,12,17,20-22,24-28,32-34H,4-5,8-9H2,1H3,(H,29,30)/b13-7-/t12-,17+,20+,21-,22+,24-,25-/m0/s1. The predicted molar refractivity (Wildman–Crippen MR) is 128 cm³/mol. The number of hydrogen-bond acceptors (Lipinski definition) is 14. The molecule has 0 unspecified atom stereocenters. The Balaban J connectivity index is 1.80. The summed E-state index contributed by atoms with van der Waals surface area (Å²) in [5, 5.41) is 68.2. The Morgan fingerprint density at radius 2 is 1.77 bits per heavy atom. The maximum Gasteiger partial charge on any atom is 0.337 e. The lowest BCUT2D eigenvalue weighted by atomic mass is 9.86. The zero-order chi connectivity index (χ0) is 29.6. The molecule has 1 aromatic rings. The zero-order valence-corrected chi connectivity index (χ0v) is 21.2. The number of aromatic hydroxyl groups is 2.